The van der Waals surface area contributed by atoms with Gasteiger partial charge in [-0.05, 0) is 58.2 Å². The first-order chi connectivity index (χ1) is 16.4. The van der Waals surface area contributed by atoms with Crippen LogP contribution < -0.4 is 5.32 Å². The number of hydrogen-bond donors (Lipinski definition) is 1. The second-order valence-electron chi connectivity index (χ2n) is 7.84. The first-order valence-electron chi connectivity index (χ1n) is 9.95. The first kappa shape index (κ1) is 30.5. The molecular formula is C22H18BrCl2F6NO3S. The molecule has 14 heteroatoms. The fourth-order valence-electron chi connectivity index (χ4n) is 3.17. The van der Waals surface area contributed by atoms with Crippen LogP contribution in [0.15, 0.2) is 46.9 Å². The molecule has 0 spiro atoms. The Kier molecular flexibility index (Phi) is 9.94. The molecule has 0 heterocycles. The van der Waals surface area contributed by atoms with Gasteiger partial charge in [-0.2, -0.15) is 26.3 Å². The number of rotatable bonds is 8. The number of carbonyl (C=O) groups excluding carboxylic acids is 1. The number of sulfone groups is 1. The number of halogens is 9. The van der Waals surface area contributed by atoms with Gasteiger partial charge in [-0.25, -0.2) is 8.42 Å². The quantitative estimate of drug-likeness (QED) is 0.310. The molecule has 36 heavy (non-hydrogen) atoms. The highest BCUT2D eigenvalue weighted by molar-refractivity contribution is 9.10. The van der Waals surface area contributed by atoms with E-state index in [0.29, 0.717) is 5.56 Å². The third-order valence-corrected chi connectivity index (χ3v) is 7.81. The molecule has 198 valence electrons. The third kappa shape index (κ3) is 9.28. The van der Waals surface area contributed by atoms with Gasteiger partial charge in [-0.15, -0.1) is 0 Å². The summed E-state index contributed by atoms with van der Waals surface area (Å²) in [7, 11) is -4.51. The summed E-state index contributed by atoms with van der Waals surface area (Å²) in [5.41, 5.74) is 0.176. The predicted molar refractivity (Wildman–Crippen MR) is 130 cm³/mol. The average molecular weight is 641 g/mol. The summed E-state index contributed by atoms with van der Waals surface area (Å²) in [6, 6.07) is 6.43. The van der Waals surface area contributed by atoms with Crippen molar-refractivity contribution in [3.8, 4) is 0 Å². The van der Waals surface area contributed by atoms with Gasteiger partial charge in [0.1, 0.15) is 5.75 Å². The molecule has 2 atom stereocenters. The predicted octanol–water partition coefficient (Wildman–Crippen LogP) is 7.21. The van der Waals surface area contributed by atoms with E-state index in [0.717, 1.165) is 12.1 Å². The van der Waals surface area contributed by atoms with Crippen LogP contribution in [-0.4, -0.2) is 44.2 Å². The normalized spacial score (nSPS) is 14.6. The Hall–Kier alpha value is -1.76. The van der Waals surface area contributed by atoms with Gasteiger partial charge in [0, 0.05) is 10.5 Å². The van der Waals surface area contributed by atoms with Crippen molar-refractivity contribution in [2.75, 3.05) is 11.5 Å². The zero-order valence-electron chi connectivity index (χ0n) is 18.2. The molecule has 2 aromatic rings. The van der Waals surface area contributed by atoms with E-state index in [1.807, 2.05) is 0 Å². The Morgan fingerprint density at radius 2 is 1.69 bits per heavy atom. The Morgan fingerprint density at radius 3 is 2.22 bits per heavy atom. The standard InChI is InChI=1S/C22H18BrCl2F6NO3S/c1-12(10-36(34,35)11-21(26,27)28)32-20(33)15-5-2-13(8-17(15)23)3-6-16(22(29,30)31)14-4-7-18(24)19(25)9-14/h2-9,12,16H,10-11H2,1H3,(H,32,33)/b6-3+. The van der Waals surface area contributed by atoms with Crippen LogP contribution in [0.3, 0.4) is 0 Å². The smallest absolute Gasteiger partial charge is 0.349 e. The summed E-state index contributed by atoms with van der Waals surface area (Å²) in [5.74, 6) is -5.71. The number of allylic oxidation sites excluding steroid dienone is 1. The van der Waals surface area contributed by atoms with Crippen molar-refractivity contribution >= 4 is 61.0 Å². The lowest BCUT2D eigenvalue weighted by atomic mass is 9.97. The van der Waals surface area contributed by atoms with E-state index in [9.17, 15) is 39.6 Å². The fourth-order valence-corrected chi connectivity index (χ4v) is 5.52. The largest absolute Gasteiger partial charge is 0.402 e. The molecule has 0 fully saturated rings. The lowest BCUT2D eigenvalue weighted by Crippen LogP contribution is -2.39. The van der Waals surface area contributed by atoms with Gasteiger partial charge < -0.3 is 5.32 Å². The Bertz CT molecular complexity index is 1250. The van der Waals surface area contributed by atoms with Crippen LogP contribution in [0.25, 0.3) is 6.08 Å². The number of nitrogens with one attached hydrogen (secondary N) is 1. The second-order valence-corrected chi connectivity index (χ2v) is 11.6. The van der Waals surface area contributed by atoms with E-state index < -0.39 is 51.6 Å². The summed E-state index contributed by atoms with van der Waals surface area (Å²) in [4.78, 5) is 12.5. The molecule has 0 bridgehead atoms. The van der Waals surface area contributed by atoms with Crippen molar-refractivity contribution in [2.45, 2.75) is 31.2 Å². The summed E-state index contributed by atoms with van der Waals surface area (Å²) in [5, 5.41) is 2.37. The van der Waals surface area contributed by atoms with Crippen molar-refractivity contribution in [2.24, 2.45) is 0 Å². The van der Waals surface area contributed by atoms with Crippen LogP contribution in [0.2, 0.25) is 10.0 Å². The van der Waals surface area contributed by atoms with Crippen LogP contribution in [0, 0.1) is 0 Å². The van der Waals surface area contributed by atoms with Crippen LogP contribution in [0.4, 0.5) is 26.3 Å². The average Bonchev–Trinajstić information content (AvgIpc) is 2.67. The number of hydrogen-bond acceptors (Lipinski definition) is 3. The van der Waals surface area contributed by atoms with Crippen molar-refractivity contribution in [1.82, 2.24) is 5.32 Å². The third-order valence-electron chi connectivity index (χ3n) is 4.64. The van der Waals surface area contributed by atoms with Crippen molar-refractivity contribution in [3.63, 3.8) is 0 Å². The summed E-state index contributed by atoms with van der Waals surface area (Å²) >= 11 is 14.7. The SMILES string of the molecule is CC(CS(=O)(=O)CC(F)(F)F)NC(=O)c1ccc(/C=C/C(c2ccc(Cl)c(Cl)c2)C(F)(F)F)cc1Br. The number of amides is 1. The minimum absolute atomic E-state index is 0.00377. The van der Waals surface area contributed by atoms with Crippen molar-refractivity contribution < 1.29 is 39.6 Å². The van der Waals surface area contributed by atoms with E-state index in [-0.39, 0.29) is 25.6 Å². The minimum atomic E-state index is -4.90. The van der Waals surface area contributed by atoms with Crippen molar-refractivity contribution in [3.05, 3.63) is 73.7 Å². The van der Waals surface area contributed by atoms with E-state index in [2.05, 4.69) is 21.2 Å². The van der Waals surface area contributed by atoms with Gasteiger partial charge >= 0.3 is 12.4 Å². The molecule has 2 rings (SSSR count). The fraction of sp³-hybridized carbons (Fsp3) is 0.318. The minimum Gasteiger partial charge on any atom is -0.349 e. The van der Waals surface area contributed by atoms with Gasteiger partial charge in [-0.1, -0.05) is 47.5 Å². The van der Waals surface area contributed by atoms with Crippen LogP contribution in [0.5, 0.6) is 0 Å². The van der Waals surface area contributed by atoms with Crippen molar-refractivity contribution in [1.29, 1.82) is 0 Å². The molecule has 0 aromatic heterocycles. The topological polar surface area (TPSA) is 63.2 Å². The van der Waals surface area contributed by atoms with E-state index >= 15 is 0 Å². The van der Waals surface area contributed by atoms with E-state index in [1.54, 1.807) is 0 Å². The number of alkyl halides is 6. The summed E-state index contributed by atoms with van der Waals surface area (Å²) in [6.45, 7) is 1.23. The van der Waals surface area contributed by atoms with Crippen LogP contribution in [-0.2, 0) is 9.84 Å². The molecule has 0 saturated carbocycles. The Balaban J connectivity index is 2.17. The highest BCUT2D eigenvalue weighted by atomic mass is 79.9. The molecule has 0 aliphatic rings. The molecule has 2 unspecified atom stereocenters. The highest BCUT2D eigenvalue weighted by Gasteiger charge is 2.39. The number of benzene rings is 2. The lowest BCUT2D eigenvalue weighted by molar-refractivity contribution is -0.139. The Labute approximate surface area is 221 Å². The van der Waals surface area contributed by atoms with Gasteiger partial charge in [0.25, 0.3) is 5.91 Å². The molecule has 0 radical (unpaired) electrons. The summed E-state index contributed by atoms with van der Waals surface area (Å²) in [6.07, 6.45) is -7.43. The van der Waals surface area contributed by atoms with Gasteiger partial charge in [0.05, 0.1) is 27.3 Å². The molecule has 1 N–H and O–H groups in total. The molecule has 0 aliphatic heterocycles. The second kappa shape index (κ2) is 11.7. The van der Waals surface area contributed by atoms with Gasteiger partial charge in [0.15, 0.2) is 9.84 Å². The molecule has 4 nitrogen and oxygen atoms in total. The zero-order chi connectivity index (χ0) is 27.5. The summed E-state index contributed by atoms with van der Waals surface area (Å²) < 4.78 is 101. The van der Waals surface area contributed by atoms with Crippen LogP contribution >= 0.6 is 39.1 Å². The van der Waals surface area contributed by atoms with Gasteiger partial charge in [0.2, 0.25) is 0 Å². The maximum absolute atomic E-state index is 13.6. The molecule has 0 aliphatic carbocycles. The molecule has 1 amide bonds. The Morgan fingerprint density at radius 1 is 1.06 bits per heavy atom. The maximum Gasteiger partial charge on any atom is 0.402 e. The first-order valence-corrected chi connectivity index (χ1v) is 13.3. The molecule has 0 saturated heterocycles. The highest BCUT2D eigenvalue weighted by Crippen LogP contribution is 2.38. The van der Waals surface area contributed by atoms with Crippen LogP contribution in [0.1, 0.15) is 34.3 Å². The number of carbonyl (C=O) groups is 1. The van der Waals surface area contributed by atoms with E-state index in [4.69, 9.17) is 23.2 Å². The van der Waals surface area contributed by atoms with Gasteiger partial charge in [-0.3, -0.25) is 4.79 Å². The molecule has 2 aromatic carbocycles. The molecular weight excluding hydrogens is 623 g/mol. The zero-order valence-corrected chi connectivity index (χ0v) is 22.1. The monoisotopic (exact) mass is 639 g/mol. The lowest BCUT2D eigenvalue weighted by Gasteiger charge is -2.18. The maximum atomic E-state index is 13.6. The van der Waals surface area contributed by atoms with E-state index in [1.165, 1.54) is 43.3 Å².